The molecule has 0 aliphatic carbocycles. The minimum Gasteiger partial charge on any atom is -0.364 e. The highest BCUT2D eigenvalue weighted by atomic mass is 32.2. The number of nitro groups is 1. The lowest BCUT2D eigenvalue weighted by Crippen LogP contribution is -2.53. The molecule has 8 nitrogen and oxygen atoms in total. The molecule has 2 N–H and O–H groups in total. The molecule has 1 atom stereocenters. The van der Waals surface area contributed by atoms with Gasteiger partial charge in [-0.3, -0.25) is 14.3 Å². The predicted molar refractivity (Wildman–Crippen MR) is 93.0 cm³/mol. The molecule has 134 valence electrons. The Kier molecular flexibility index (Phi) is 5.31. The van der Waals surface area contributed by atoms with Crippen molar-refractivity contribution < 1.29 is 17.6 Å². The van der Waals surface area contributed by atoms with Gasteiger partial charge >= 0.3 is 5.69 Å². The van der Waals surface area contributed by atoms with Gasteiger partial charge in [0.1, 0.15) is 5.69 Å². The highest BCUT2D eigenvalue weighted by Crippen LogP contribution is 2.38. The second-order valence-electron chi connectivity index (χ2n) is 5.79. The van der Waals surface area contributed by atoms with Gasteiger partial charge in [-0.05, 0) is 25.0 Å². The number of nitro benzene ring substituents is 1. The minimum absolute atomic E-state index is 0.203. The number of hydrogen-bond donors (Lipinski definition) is 1. The van der Waals surface area contributed by atoms with Gasteiger partial charge in [0.05, 0.1) is 9.67 Å². The van der Waals surface area contributed by atoms with Crippen LogP contribution in [0, 0.1) is 10.1 Å². The van der Waals surface area contributed by atoms with Crippen LogP contribution in [0.1, 0.15) is 26.7 Å². The smallest absolute Gasteiger partial charge is 0.312 e. The lowest BCUT2D eigenvalue weighted by atomic mass is 10.0. The van der Waals surface area contributed by atoms with Gasteiger partial charge in [0, 0.05) is 29.6 Å². The fraction of sp³-hybridized carbons (Fsp3) is 0.571. The summed E-state index contributed by atoms with van der Waals surface area (Å²) in [6.07, 6.45) is 1.35. The van der Waals surface area contributed by atoms with Gasteiger partial charge in [-0.25, -0.2) is 13.6 Å². The van der Waals surface area contributed by atoms with E-state index in [1.807, 2.05) is 13.8 Å². The van der Waals surface area contributed by atoms with Crippen molar-refractivity contribution in [1.29, 1.82) is 0 Å². The van der Waals surface area contributed by atoms with Crippen molar-refractivity contribution in [1.82, 2.24) is 0 Å². The number of hydrogen-bond acceptors (Lipinski definition) is 6. The first-order valence-corrected chi connectivity index (χ1v) is 10.5. The molecule has 0 aromatic heterocycles. The fourth-order valence-electron chi connectivity index (χ4n) is 3.09. The topological polar surface area (TPSA) is 124 Å². The summed E-state index contributed by atoms with van der Waals surface area (Å²) in [7, 11) is -5.24. The van der Waals surface area contributed by atoms with E-state index in [1.54, 1.807) is 4.90 Å². The molecule has 1 aliphatic heterocycles. The second kappa shape index (κ2) is 6.77. The summed E-state index contributed by atoms with van der Waals surface area (Å²) >= 11 is 0. The van der Waals surface area contributed by atoms with Crippen molar-refractivity contribution in [3.05, 3.63) is 28.3 Å². The van der Waals surface area contributed by atoms with E-state index in [-0.39, 0.29) is 5.69 Å². The molecular formula is C14H21N3O5S2. The minimum atomic E-state index is -4.22. The first kappa shape index (κ1) is 18.8. The van der Waals surface area contributed by atoms with Gasteiger partial charge in [0.2, 0.25) is 10.0 Å². The highest BCUT2D eigenvalue weighted by Gasteiger charge is 2.41. The Morgan fingerprint density at radius 2 is 2.00 bits per heavy atom. The van der Waals surface area contributed by atoms with Crippen molar-refractivity contribution in [2.45, 2.75) is 36.3 Å². The Balaban J connectivity index is 2.57. The monoisotopic (exact) mass is 375 g/mol. The van der Waals surface area contributed by atoms with Crippen LogP contribution in [0.5, 0.6) is 0 Å². The van der Waals surface area contributed by atoms with E-state index in [1.165, 1.54) is 12.1 Å². The average Bonchev–Trinajstić information content (AvgIpc) is 2.54. The van der Waals surface area contributed by atoms with E-state index in [9.17, 15) is 22.7 Å². The molecule has 0 radical (unpaired) electrons. The molecule has 1 aromatic carbocycles. The quantitative estimate of drug-likeness (QED) is 0.612. The lowest BCUT2D eigenvalue weighted by molar-refractivity contribution is -0.387. The maximum Gasteiger partial charge on any atom is 0.312 e. The summed E-state index contributed by atoms with van der Waals surface area (Å²) in [5.41, 5.74) is -0.316. The lowest BCUT2D eigenvalue weighted by Gasteiger charge is -2.42. The molecule has 1 saturated heterocycles. The molecule has 1 aromatic rings. The molecule has 1 aliphatic rings. The van der Waals surface area contributed by atoms with Crippen molar-refractivity contribution >= 4 is 32.2 Å². The number of benzene rings is 1. The largest absolute Gasteiger partial charge is 0.364 e. The molecular weight excluding hydrogens is 354 g/mol. The second-order valence-corrected chi connectivity index (χ2v) is 9.28. The normalized spacial score (nSPS) is 20.8. The molecule has 2 rings (SSSR count). The van der Waals surface area contributed by atoms with Crippen LogP contribution in [-0.4, -0.2) is 41.1 Å². The van der Waals surface area contributed by atoms with Crippen LogP contribution in [0.2, 0.25) is 0 Å². The van der Waals surface area contributed by atoms with Crippen molar-refractivity contribution in [3.8, 4) is 0 Å². The van der Waals surface area contributed by atoms with Gasteiger partial charge in [0.25, 0.3) is 0 Å². The number of rotatable bonds is 5. The van der Waals surface area contributed by atoms with Gasteiger partial charge < -0.3 is 4.90 Å². The third-order valence-corrected chi connectivity index (χ3v) is 7.77. The Morgan fingerprint density at radius 1 is 1.38 bits per heavy atom. The van der Waals surface area contributed by atoms with Crippen LogP contribution in [0.4, 0.5) is 11.4 Å². The zero-order valence-corrected chi connectivity index (χ0v) is 15.2. The molecule has 24 heavy (non-hydrogen) atoms. The molecule has 0 saturated carbocycles. The standard InChI is InChI=1S/C14H21N3O5S2/c1-3-14(4-2)10-16(8-9-23(14)20)11-6-5-7-12(24(15,21)22)13(11)17(18)19/h5-7H,3-4,8-10H2,1-2H3,(H2,15,21,22). The third-order valence-electron chi connectivity index (χ3n) is 4.60. The Labute approximate surface area is 143 Å². The predicted octanol–water partition coefficient (Wildman–Crippen LogP) is 1.37. The number of anilines is 1. The van der Waals surface area contributed by atoms with Crippen LogP contribution < -0.4 is 10.0 Å². The number of sulfonamides is 1. The zero-order valence-electron chi connectivity index (χ0n) is 13.6. The van der Waals surface area contributed by atoms with Crippen molar-refractivity contribution in [2.24, 2.45) is 5.14 Å². The van der Waals surface area contributed by atoms with Crippen molar-refractivity contribution in [3.63, 3.8) is 0 Å². The van der Waals surface area contributed by atoms with E-state index < -0.39 is 41.1 Å². The summed E-state index contributed by atoms with van der Waals surface area (Å²) in [5.74, 6) is 0.387. The Hall–Kier alpha value is -1.52. The van der Waals surface area contributed by atoms with Crippen LogP contribution >= 0.6 is 0 Å². The van der Waals surface area contributed by atoms with Gasteiger partial charge in [-0.15, -0.1) is 0 Å². The molecule has 1 fully saturated rings. The van der Waals surface area contributed by atoms with Crippen LogP contribution in [0.25, 0.3) is 0 Å². The molecule has 0 spiro atoms. The summed E-state index contributed by atoms with van der Waals surface area (Å²) < 4.78 is 35.4. The van der Waals surface area contributed by atoms with Gasteiger partial charge in [-0.1, -0.05) is 19.9 Å². The number of para-hydroxylation sites is 1. The van der Waals surface area contributed by atoms with Gasteiger partial charge in [-0.2, -0.15) is 0 Å². The fourth-order valence-corrected chi connectivity index (χ4v) is 5.57. The molecule has 0 amide bonds. The first-order chi connectivity index (χ1) is 11.2. The summed E-state index contributed by atoms with van der Waals surface area (Å²) in [6, 6.07) is 4.08. The Morgan fingerprint density at radius 3 is 2.50 bits per heavy atom. The van der Waals surface area contributed by atoms with E-state index in [0.29, 0.717) is 31.7 Å². The number of primary sulfonamides is 1. The third kappa shape index (κ3) is 3.31. The summed E-state index contributed by atoms with van der Waals surface area (Å²) in [4.78, 5) is 12.0. The molecule has 1 heterocycles. The highest BCUT2D eigenvalue weighted by molar-refractivity contribution is 7.89. The van der Waals surface area contributed by atoms with E-state index in [2.05, 4.69) is 0 Å². The summed E-state index contributed by atoms with van der Waals surface area (Å²) in [6.45, 7) is 4.63. The first-order valence-electron chi connectivity index (χ1n) is 7.60. The Bertz CT molecular complexity index is 775. The maximum atomic E-state index is 12.4. The van der Waals surface area contributed by atoms with Crippen LogP contribution in [0.15, 0.2) is 23.1 Å². The van der Waals surface area contributed by atoms with Gasteiger partial charge in [0.15, 0.2) is 4.90 Å². The van der Waals surface area contributed by atoms with E-state index in [0.717, 1.165) is 6.07 Å². The summed E-state index contributed by atoms with van der Waals surface area (Å²) in [5, 5.41) is 16.6. The van der Waals surface area contributed by atoms with Crippen LogP contribution in [0.3, 0.4) is 0 Å². The average molecular weight is 375 g/mol. The molecule has 1 unspecified atom stereocenters. The maximum absolute atomic E-state index is 12.4. The van der Waals surface area contributed by atoms with Crippen LogP contribution in [-0.2, 0) is 20.8 Å². The van der Waals surface area contributed by atoms with Crippen molar-refractivity contribution in [2.75, 3.05) is 23.7 Å². The SMILES string of the molecule is CCC1(CC)CN(c2cccc(S(N)(=O)=O)c2[N+](=O)[O-])CCS1=O. The molecule has 0 bridgehead atoms. The zero-order chi connectivity index (χ0) is 18.1. The number of nitrogens with zero attached hydrogens (tertiary/aromatic N) is 2. The van der Waals surface area contributed by atoms with E-state index >= 15 is 0 Å². The number of nitrogens with two attached hydrogens (primary N) is 1. The van der Waals surface area contributed by atoms with E-state index in [4.69, 9.17) is 5.14 Å². The molecule has 10 heteroatoms.